The molecule has 1 aliphatic heterocycles. The van der Waals surface area contributed by atoms with Gasteiger partial charge >= 0.3 is 12.1 Å². The third-order valence-electron chi connectivity index (χ3n) is 7.43. The van der Waals surface area contributed by atoms with Gasteiger partial charge in [0.05, 0.1) is 32.6 Å². The number of hydrogen-bond acceptors (Lipinski definition) is 10. The second-order valence-corrected chi connectivity index (χ2v) is 11.7. The van der Waals surface area contributed by atoms with Crippen LogP contribution in [-0.2, 0) is 21.5 Å². The summed E-state index contributed by atoms with van der Waals surface area (Å²) in [6, 6.07) is 5.30. The first kappa shape index (κ1) is 37.8. The first-order valence-corrected chi connectivity index (χ1v) is 15.3. The Morgan fingerprint density at radius 1 is 1.04 bits per heavy atom. The number of anilines is 1. The van der Waals surface area contributed by atoms with Crippen LogP contribution in [0, 0.1) is 5.41 Å². The molecule has 0 spiro atoms. The highest BCUT2D eigenvalue weighted by atomic mass is 19.4. The van der Waals surface area contributed by atoms with Crippen LogP contribution in [0.1, 0.15) is 67.8 Å². The maximum atomic E-state index is 13.7. The van der Waals surface area contributed by atoms with Crippen LogP contribution in [0.5, 0.6) is 11.6 Å². The number of Topliss-reactive ketones (excluding diaryl/α,β-unsaturated/α-hetero) is 1. The number of nitrogens with zero attached hydrogens (tertiary/aromatic N) is 6. The highest BCUT2D eigenvalue weighted by Crippen LogP contribution is 2.40. The average molecular weight is 682 g/mol. The van der Waals surface area contributed by atoms with Crippen molar-refractivity contribution in [1.29, 1.82) is 5.41 Å². The van der Waals surface area contributed by atoms with Crippen LogP contribution in [0.25, 0.3) is 5.65 Å². The molecule has 2 aromatic heterocycles. The minimum atomic E-state index is -5.08. The molecule has 17 heteroatoms. The van der Waals surface area contributed by atoms with Gasteiger partial charge < -0.3 is 29.1 Å². The third-order valence-corrected chi connectivity index (χ3v) is 7.43. The lowest BCUT2D eigenvalue weighted by molar-refractivity contribution is -0.192. The van der Waals surface area contributed by atoms with E-state index in [4.69, 9.17) is 29.5 Å². The van der Waals surface area contributed by atoms with Gasteiger partial charge in [0.1, 0.15) is 17.9 Å². The number of ether oxygens (including phenoxy) is 3. The van der Waals surface area contributed by atoms with Crippen LogP contribution in [0.2, 0.25) is 0 Å². The van der Waals surface area contributed by atoms with Gasteiger partial charge in [-0.25, -0.2) is 9.48 Å². The molecule has 2 N–H and O–H groups in total. The Morgan fingerprint density at radius 2 is 1.65 bits per heavy atom. The van der Waals surface area contributed by atoms with Gasteiger partial charge in [-0.2, -0.15) is 17.7 Å². The smallest absolute Gasteiger partial charge is 0.490 e. The topological polar surface area (TPSA) is 165 Å². The van der Waals surface area contributed by atoms with E-state index in [1.807, 2.05) is 26.0 Å². The number of carbonyl (C=O) groups excluding carboxylic acids is 2. The Kier molecular flexibility index (Phi) is 12.2. The zero-order chi connectivity index (χ0) is 36.0. The number of methoxy groups -OCH3 is 1. The Morgan fingerprint density at radius 3 is 2.15 bits per heavy atom. The van der Waals surface area contributed by atoms with E-state index in [1.54, 1.807) is 25.0 Å². The van der Waals surface area contributed by atoms with Gasteiger partial charge in [-0.1, -0.05) is 20.8 Å². The van der Waals surface area contributed by atoms with E-state index in [1.165, 1.54) is 9.20 Å². The number of alkyl halides is 3. The Balaban J connectivity index is 0.000000804. The fourth-order valence-corrected chi connectivity index (χ4v) is 4.96. The van der Waals surface area contributed by atoms with Crippen LogP contribution >= 0.6 is 0 Å². The molecule has 0 saturated carbocycles. The summed E-state index contributed by atoms with van der Waals surface area (Å²) in [6.45, 7) is 15.6. The van der Waals surface area contributed by atoms with Gasteiger partial charge in [-0.15, -0.1) is 10.2 Å². The molecule has 264 valence electrons. The number of fused-ring (bicyclic) bond motifs is 1. The number of carbonyl (C=O) groups is 3. The molecule has 3 heterocycles. The molecule has 0 radical (unpaired) electrons. The number of morpholine rings is 1. The zero-order valence-electron chi connectivity index (χ0n) is 28.1. The monoisotopic (exact) mass is 681 g/mol. The molecule has 4 rings (SSSR count). The summed E-state index contributed by atoms with van der Waals surface area (Å²) >= 11 is 0. The predicted molar refractivity (Wildman–Crippen MR) is 168 cm³/mol. The van der Waals surface area contributed by atoms with Crippen molar-refractivity contribution in [1.82, 2.24) is 24.3 Å². The summed E-state index contributed by atoms with van der Waals surface area (Å²) in [5.41, 5.74) is 2.43. The molecule has 1 aliphatic rings. The number of benzene rings is 1. The van der Waals surface area contributed by atoms with Crippen LogP contribution < -0.4 is 20.0 Å². The van der Waals surface area contributed by atoms with E-state index < -0.39 is 12.1 Å². The summed E-state index contributed by atoms with van der Waals surface area (Å²) in [7, 11) is 1.65. The fourth-order valence-electron chi connectivity index (χ4n) is 4.96. The SMILES string of the molecule is CCOc1nn2c(=N)n(CC(=O)c3cc(N4CCOCC4)c(OC)c(C(C)(C)C)c3)nc2cc1C(=O)N(CC)CC.O=C(O)C(F)(F)F. The van der Waals surface area contributed by atoms with Gasteiger partial charge in [0.15, 0.2) is 11.4 Å². The number of aromatic nitrogens is 4. The summed E-state index contributed by atoms with van der Waals surface area (Å²) in [6.07, 6.45) is -5.08. The van der Waals surface area contributed by atoms with E-state index in [0.717, 1.165) is 17.0 Å². The highest BCUT2D eigenvalue weighted by molar-refractivity contribution is 5.98. The molecule has 48 heavy (non-hydrogen) atoms. The van der Waals surface area contributed by atoms with Crippen molar-refractivity contribution in [2.24, 2.45) is 0 Å². The summed E-state index contributed by atoms with van der Waals surface area (Å²) < 4.78 is 51.4. The molecule has 0 aliphatic carbocycles. The van der Waals surface area contributed by atoms with Crippen molar-refractivity contribution in [3.63, 3.8) is 0 Å². The minimum absolute atomic E-state index is 0.103. The van der Waals surface area contributed by atoms with Crippen molar-refractivity contribution in [2.75, 3.05) is 58.0 Å². The van der Waals surface area contributed by atoms with Crippen molar-refractivity contribution in [3.05, 3.63) is 40.5 Å². The molecular formula is C31H42F3N7O7. The van der Waals surface area contributed by atoms with E-state index in [-0.39, 0.29) is 46.4 Å². The molecule has 1 aromatic carbocycles. The molecule has 0 atom stereocenters. The van der Waals surface area contributed by atoms with E-state index >= 15 is 0 Å². The average Bonchev–Trinajstić information content (AvgIpc) is 3.33. The quantitative estimate of drug-likeness (QED) is 0.303. The Hall–Kier alpha value is -4.67. The number of halogens is 3. The van der Waals surface area contributed by atoms with Crippen molar-refractivity contribution < 1.29 is 46.9 Å². The largest absolute Gasteiger partial charge is 0.494 e. The third kappa shape index (κ3) is 8.62. The molecule has 1 amide bonds. The summed E-state index contributed by atoms with van der Waals surface area (Å²) in [5, 5.41) is 24.7. The molecule has 0 bridgehead atoms. The number of amides is 1. The number of nitrogens with one attached hydrogen (secondary N) is 1. The number of hydrogen-bond donors (Lipinski definition) is 2. The summed E-state index contributed by atoms with van der Waals surface area (Å²) in [5.74, 6) is -2.32. The van der Waals surface area contributed by atoms with Gasteiger partial charge in [0.25, 0.3) is 5.91 Å². The van der Waals surface area contributed by atoms with Crippen molar-refractivity contribution >= 4 is 29.0 Å². The highest BCUT2D eigenvalue weighted by Gasteiger charge is 2.38. The fraction of sp³-hybridized carbons (Fsp3) is 0.548. The molecule has 1 fully saturated rings. The number of carboxylic acid groups (broad SMARTS) is 1. The van der Waals surface area contributed by atoms with Crippen LogP contribution in [-0.4, -0.2) is 106 Å². The van der Waals surface area contributed by atoms with Gasteiger partial charge in [0.2, 0.25) is 11.5 Å². The summed E-state index contributed by atoms with van der Waals surface area (Å²) in [4.78, 5) is 39.6. The van der Waals surface area contributed by atoms with Crippen molar-refractivity contribution in [3.8, 4) is 11.6 Å². The first-order valence-electron chi connectivity index (χ1n) is 15.3. The lowest BCUT2D eigenvalue weighted by atomic mass is 9.84. The molecule has 1 saturated heterocycles. The molecular weight excluding hydrogens is 639 g/mol. The molecule has 0 unspecified atom stereocenters. The maximum Gasteiger partial charge on any atom is 0.490 e. The lowest BCUT2D eigenvalue weighted by Crippen LogP contribution is -2.37. The Bertz CT molecular complexity index is 1690. The van der Waals surface area contributed by atoms with Gasteiger partial charge in [-0.3, -0.25) is 15.0 Å². The first-order chi connectivity index (χ1) is 22.5. The van der Waals surface area contributed by atoms with Gasteiger partial charge in [-0.05, 0) is 38.3 Å². The van der Waals surface area contributed by atoms with Crippen molar-refractivity contribution in [2.45, 2.75) is 59.7 Å². The minimum Gasteiger partial charge on any atom is -0.494 e. The zero-order valence-corrected chi connectivity index (χ0v) is 28.1. The lowest BCUT2D eigenvalue weighted by Gasteiger charge is -2.33. The molecule has 3 aromatic rings. The standard InChI is InChI=1S/C29H41N7O5.C2HF3O2/c1-8-33(9-2)27(38)20-17-24-31-35(28(30)36(24)32-26(20)41-10-3)18-23(37)19-15-21(29(4,5)6)25(39-7)22(16-19)34-11-13-40-14-12-34;3-2(4,5)1(6)7/h15-17,30H,8-14,18H2,1-7H3;(H,6,7). The number of rotatable bonds is 10. The maximum absolute atomic E-state index is 13.7. The predicted octanol–water partition coefficient (Wildman–Crippen LogP) is 3.55. The second kappa shape index (κ2) is 15.5. The number of carboxylic acids is 1. The van der Waals surface area contributed by atoms with Crippen LogP contribution in [0.15, 0.2) is 18.2 Å². The number of aliphatic carboxylic acids is 1. The van der Waals surface area contributed by atoms with E-state index in [0.29, 0.717) is 51.6 Å². The molecule has 14 nitrogen and oxygen atoms in total. The normalized spacial score (nSPS) is 13.5. The van der Waals surface area contributed by atoms with E-state index in [9.17, 15) is 22.8 Å². The van der Waals surface area contributed by atoms with E-state index in [2.05, 4.69) is 35.9 Å². The Labute approximate surface area is 275 Å². The second-order valence-electron chi connectivity index (χ2n) is 11.7. The number of ketones is 1. The van der Waals surface area contributed by atoms with Gasteiger partial charge in [0, 0.05) is 43.4 Å². The van der Waals surface area contributed by atoms with Crippen LogP contribution in [0.4, 0.5) is 18.9 Å². The van der Waals surface area contributed by atoms with Crippen LogP contribution in [0.3, 0.4) is 0 Å².